The summed E-state index contributed by atoms with van der Waals surface area (Å²) >= 11 is 0. The number of pyridine rings is 1. The number of fused-ring (bicyclic) bond motifs is 1. The van der Waals surface area contributed by atoms with E-state index in [1.807, 2.05) is 6.07 Å². The van der Waals surface area contributed by atoms with Crippen molar-refractivity contribution in [2.75, 3.05) is 0 Å². The molecule has 4 heteroatoms. The molecule has 14 heavy (non-hydrogen) atoms. The fourth-order valence-corrected chi connectivity index (χ4v) is 1.64. The SMILES string of the molecule is O=C1CCCc2ccc(/C=N/O)nc21. The lowest BCUT2D eigenvalue weighted by Crippen LogP contribution is -2.13. The van der Waals surface area contributed by atoms with Crippen molar-refractivity contribution in [3.8, 4) is 0 Å². The van der Waals surface area contributed by atoms with Crippen LogP contribution in [0.5, 0.6) is 0 Å². The number of carbonyl (C=O) groups excluding carboxylic acids is 1. The number of aromatic nitrogens is 1. The summed E-state index contributed by atoms with van der Waals surface area (Å²) in [5, 5.41) is 11.2. The first-order valence-electron chi connectivity index (χ1n) is 4.52. The van der Waals surface area contributed by atoms with E-state index in [9.17, 15) is 4.79 Å². The van der Waals surface area contributed by atoms with Gasteiger partial charge in [-0.3, -0.25) is 4.79 Å². The van der Waals surface area contributed by atoms with Gasteiger partial charge in [0, 0.05) is 6.42 Å². The molecule has 0 aromatic carbocycles. The van der Waals surface area contributed by atoms with E-state index in [1.165, 1.54) is 6.21 Å². The molecule has 1 heterocycles. The topological polar surface area (TPSA) is 62.5 Å². The van der Waals surface area contributed by atoms with Crippen LogP contribution in [0, 0.1) is 0 Å². The molecule has 1 aromatic rings. The highest BCUT2D eigenvalue weighted by atomic mass is 16.4. The summed E-state index contributed by atoms with van der Waals surface area (Å²) in [4.78, 5) is 15.6. The monoisotopic (exact) mass is 190 g/mol. The molecule has 0 radical (unpaired) electrons. The fourth-order valence-electron chi connectivity index (χ4n) is 1.64. The lowest BCUT2D eigenvalue weighted by Gasteiger charge is -2.13. The second-order valence-electron chi connectivity index (χ2n) is 3.27. The summed E-state index contributed by atoms with van der Waals surface area (Å²) in [6.45, 7) is 0. The number of aryl methyl sites for hydroxylation is 1. The van der Waals surface area contributed by atoms with Gasteiger partial charge in [0.25, 0.3) is 0 Å². The van der Waals surface area contributed by atoms with Gasteiger partial charge in [0.2, 0.25) is 0 Å². The standard InChI is InChI=1S/C10H10N2O2/c13-9-3-1-2-7-4-5-8(6-11-14)12-10(7)9/h4-6,14H,1-3H2/b11-6+. The van der Waals surface area contributed by atoms with Crippen molar-refractivity contribution in [1.82, 2.24) is 4.98 Å². The Labute approximate surface area is 81.3 Å². The third kappa shape index (κ3) is 1.51. The van der Waals surface area contributed by atoms with Crippen LogP contribution in [0.1, 0.15) is 34.6 Å². The minimum atomic E-state index is 0.0828. The maximum Gasteiger partial charge on any atom is 0.181 e. The predicted octanol–water partition coefficient (Wildman–Crippen LogP) is 1.41. The second kappa shape index (κ2) is 3.57. The Kier molecular flexibility index (Phi) is 2.26. The van der Waals surface area contributed by atoms with E-state index in [4.69, 9.17) is 5.21 Å². The number of Topliss-reactive ketones (excluding diaryl/α,β-unsaturated/α-hetero) is 1. The highest BCUT2D eigenvalue weighted by molar-refractivity contribution is 5.97. The third-order valence-corrected chi connectivity index (χ3v) is 2.30. The van der Waals surface area contributed by atoms with Gasteiger partial charge < -0.3 is 5.21 Å². The van der Waals surface area contributed by atoms with Crippen LogP contribution in [0.3, 0.4) is 0 Å². The lowest BCUT2D eigenvalue weighted by atomic mass is 9.95. The normalized spacial score (nSPS) is 15.9. The highest BCUT2D eigenvalue weighted by Crippen LogP contribution is 2.19. The quantitative estimate of drug-likeness (QED) is 0.413. The largest absolute Gasteiger partial charge is 0.411 e. The molecule has 0 atom stereocenters. The van der Waals surface area contributed by atoms with Gasteiger partial charge in [-0.1, -0.05) is 11.2 Å². The van der Waals surface area contributed by atoms with Crippen molar-refractivity contribution in [2.45, 2.75) is 19.3 Å². The number of carbonyl (C=O) groups is 1. The summed E-state index contributed by atoms with van der Waals surface area (Å²) < 4.78 is 0. The third-order valence-electron chi connectivity index (χ3n) is 2.30. The van der Waals surface area contributed by atoms with Gasteiger partial charge in [-0.25, -0.2) is 4.98 Å². The highest BCUT2D eigenvalue weighted by Gasteiger charge is 2.18. The van der Waals surface area contributed by atoms with Crippen LogP contribution < -0.4 is 0 Å². The molecule has 0 bridgehead atoms. The first-order chi connectivity index (χ1) is 6.81. The molecule has 0 spiro atoms. The zero-order chi connectivity index (χ0) is 9.97. The first-order valence-corrected chi connectivity index (χ1v) is 4.52. The van der Waals surface area contributed by atoms with Gasteiger partial charge in [0.05, 0.1) is 11.9 Å². The molecule has 72 valence electrons. The number of hydrogen-bond donors (Lipinski definition) is 1. The molecule has 0 unspecified atom stereocenters. The number of oxime groups is 1. The van der Waals surface area contributed by atoms with Crippen molar-refractivity contribution < 1.29 is 10.0 Å². The summed E-state index contributed by atoms with van der Waals surface area (Å²) in [5.41, 5.74) is 2.05. The van der Waals surface area contributed by atoms with E-state index < -0.39 is 0 Å². The Balaban J connectivity index is 2.45. The molecular formula is C10H10N2O2. The van der Waals surface area contributed by atoms with Crippen LogP contribution >= 0.6 is 0 Å². The molecule has 4 nitrogen and oxygen atoms in total. The molecule has 1 aromatic heterocycles. The molecule has 1 aliphatic rings. The van der Waals surface area contributed by atoms with E-state index in [0.29, 0.717) is 17.8 Å². The summed E-state index contributed by atoms with van der Waals surface area (Å²) in [7, 11) is 0. The fraction of sp³-hybridized carbons (Fsp3) is 0.300. The Morgan fingerprint density at radius 1 is 1.43 bits per heavy atom. The molecule has 1 aliphatic carbocycles. The van der Waals surface area contributed by atoms with Crippen molar-refractivity contribution in [2.24, 2.45) is 5.16 Å². The van der Waals surface area contributed by atoms with Crippen LogP contribution in [-0.4, -0.2) is 22.2 Å². The maximum absolute atomic E-state index is 11.5. The zero-order valence-electron chi connectivity index (χ0n) is 7.60. The van der Waals surface area contributed by atoms with Crippen LogP contribution in [-0.2, 0) is 6.42 Å². The average molecular weight is 190 g/mol. The zero-order valence-corrected chi connectivity index (χ0v) is 7.60. The van der Waals surface area contributed by atoms with E-state index in [0.717, 1.165) is 18.4 Å². The molecule has 0 saturated carbocycles. The van der Waals surface area contributed by atoms with E-state index in [2.05, 4.69) is 10.1 Å². The minimum Gasteiger partial charge on any atom is -0.411 e. The number of rotatable bonds is 1. The molecule has 0 amide bonds. The summed E-state index contributed by atoms with van der Waals surface area (Å²) in [6, 6.07) is 3.62. The lowest BCUT2D eigenvalue weighted by molar-refractivity contribution is 0.0967. The molecule has 2 rings (SSSR count). The van der Waals surface area contributed by atoms with Gasteiger partial charge in [-0.15, -0.1) is 0 Å². The first kappa shape index (κ1) is 8.87. The van der Waals surface area contributed by atoms with Gasteiger partial charge in [-0.2, -0.15) is 0 Å². The Bertz CT molecular complexity index is 399. The molecule has 0 fully saturated rings. The van der Waals surface area contributed by atoms with Crippen molar-refractivity contribution in [3.05, 3.63) is 29.1 Å². The van der Waals surface area contributed by atoms with Crippen molar-refractivity contribution in [3.63, 3.8) is 0 Å². The van der Waals surface area contributed by atoms with E-state index in [-0.39, 0.29) is 5.78 Å². The summed E-state index contributed by atoms with van der Waals surface area (Å²) in [5.74, 6) is 0.0828. The number of hydrogen-bond acceptors (Lipinski definition) is 4. The maximum atomic E-state index is 11.5. The summed E-state index contributed by atoms with van der Waals surface area (Å²) in [6.07, 6.45) is 3.60. The van der Waals surface area contributed by atoms with Gasteiger partial charge >= 0.3 is 0 Å². The Morgan fingerprint density at radius 2 is 2.29 bits per heavy atom. The Morgan fingerprint density at radius 3 is 3.07 bits per heavy atom. The Hall–Kier alpha value is -1.71. The van der Waals surface area contributed by atoms with Gasteiger partial charge in [-0.05, 0) is 24.5 Å². The molecular weight excluding hydrogens is 180 g/mol. The van der Waals surface area contributed by atoms with Gasteiger partial charge in [0.1, 0.15) is 5.69 Å². The van der Waals surface area contributed by atoms with Gasteiger partial charge in [0.15, 0.2) is 5.78 Å². The number of nitrogens with zero attached hydrogens (tertiary/aromatic N) is 2. The molecule has 0 aliphatic heterocycles. The molecule has 0 saturated heterocycles. The van der Waals surface area contributed by atoms with Crippen LogP contribution in [0.15, 0.2) is 17.3 Å². The van der Waals surface area contributed by atoms with Crippen molar-refractivity contribution in [1.29, 1.82) is 0 Å². The van der Waals surface area contributed by atoms with Crippen LogP contribution in [0.25, 0.3) is 0 Å². The second-order valence-corrected chi connectivity index (χ2v) is 3.27. The van der Waals surface area contributed by atoms with Crippen LogP contribution in [0.4, 0.5) is 0 Å². The molecule has 1 N–H and O–H groups in total. The number of ketones is 1. The van der Waals surface area contributed by atoms with E-state index >= 15 is 0 Å². The average Bonchev–Trinajstić information content (AvgIpc) is 2.20. The van der Waals surface area contributed by atoms with E-state index in [1.54, 1.807) is 6.07 Å². The predicted molar refractivity (Wildman–Crippen MR) is 50.9 cm³/mol. The van der Waals surface area contributed by atoms with Crippen molar-refractivity contribution >= 4 is 12.0 Å². The minimum absolute atomic E-state index is 0.0828. The smallest absolute Gasteiger partial charge is 0.181 e. The van der Waals surface area contributed by atoms with Crippen LogP contribution in [0.2, 0.25) is 0 Å².